The third kappa shape index (κ3) is 3.43. The van der Waals surface area contributed by atoms with Gasteiger partial charge < -0.3 is 10.6 Å². The zero-order chi connectivity index (χ0) is 17.3. The SMILES string of the molecule is CCC(NC(=O)C1=CNc2ncccc2C1)C(F)(F)C(F)(F)F. The summed E-state index contributed by atoms with van der Waals surface area (Å²) in [6, 6.07) is 0.983. The first-order valence-corrected chi connectivity index (χ1v) is 6.81. The molecule has 1 aliphatic heterocycles. The van der Waals surface area contributed by atoms with E-state index in [4.69, 9.17) is 0 Å². The van der Waals surface area contributed by atoms with Gasteiger partial charge in [-0.1, -0.05) is 13.0 Å². The minimum Gasteiger partial charge on any atom is -0.346 e. The Hall–Kier alpha value is -2.19. The molecule has 0 aromatic carbocycles. The van der Waals surface area contributed by atoms with Crippen LogP contribution in [-0.4, -0.2) is 29.0 Å². The molecule has 23 heavy (non-hydrogen) atoms. The van der Waals surface area contributed by atoms with E-state index in [9.17, 15) is 26.7 Å². The highest BCUT2D eigenvalue weighted by molar-refractivity contribution is 5.95. The Balaban J connectivity index is 2.11. The molecule has 0 fully saturated rings. The molecule has 1 unspecified atom stereocenters. The van der Waals surface area contributed by atoms with Crippen LogP contribution in [0.3, 0.4) is 0 Å². The molecule has 2 rings (SSSR count). The largest absolute Gasteiger partial charge is 0.455 e. The summed E-state index contributed by atoms with van der Waals surface area (Å²) in [7, 11) is 0. The number of alkyl halides is 5. The molecule has 9 heteroatoms. The van der Waals surface area contributed by atoms with E-state index in [1.54, 1.807) is 17.4 Å². The molecule has 1 aromatic heterocycles. The summed E-state index contributed by atoms with van der Waals surface area (Å²) in [4.78, 5) is 16.0. The van der Waals surface area contributed by atoms with Crippen LogP contribution in [0.4, 0.5) is 27.8 Å². The van der Waals surface area contributed by atoms with Crippen molar-refractivity contribution in [3.8, 4) is 0 Å². The quantitative estimate of drug-likeness (QED) is 0.832. The van der Waals surface area contributed by atoms with Crippen molar-refractivity contribution in [2.75, 3.05) is 5.32 Å². The number of nitrogens with zero attached hydrogens (tertiary/aromatic N) is 1. The number of carbonyl (C=O) groups excluding carboxylic acids is 1. The summed E-state index contributed by atoms with van der Waals surface area (Å²) < 4.78 is 64.0. The predicted octanol–water partition coefficient (Wildman–Crippen LogP) is 3.03. The molecule has 0 spiro atoms. The van der Waals surface area contributed by atoms with E-state index in [0.29, 0.717) is 11.4 Å². The Bertz CT molecular complexity index is 627. The maximum atomic E-state index is 13.4. The van der Waals surface area contributed by atoms with Crippen LogP contribution in [-0.2, 0) is 11.2 Å². The first-order valence-electron chi connectivity index (χ1n) is 6.81. The van der Waals surface area contributed by atoms with Gasteiger partial charge in [0.15, 0.2) is 0 Å². The molecule has 0 bridgehead atoms. The fraction of sp³-hybridized carbons (Fsp3) is 0.429. The molecule has 0 radical (unpaired) electrons. The standard InChI is InChI=1S/C14H14F5N3O/c1-2-10(13(15,16)14(17,18)19)22-12(23)9-6-8-4-3-5-20-11(8)21-7-9/h3-5,7,10H,2,6H2,1H3,(H,20,21)(H,22,23). The van der Waals surface area contributed by atoms with E-state index in [0.717, 1.165) is 6.92 Å². The van der Waals surface area contributed by atoms with Crippen LogP contribution in [0.2, 0.25) is 0 Å². The number of hydrogen-bond donors (Lipinski definition) is 2. The van der Waals surface area contributed by atoms with E-state index < -0.39 is 30.5 Å². The zero-order valence-electron chi connectivity index (χ0n) is 12.0. The molecular formula is C14H14F5N3O. The molecule has 126 valence electrons. The fourth-order valence-corrected chi connectivity index (χ4v) is 2.17. The number of aromatic nitrogens is 1. The van der Waals surface area contributed by atoms with Crippen LogP contribution in [0.15, 0.2) is 30.1 Å². The number of amides is 1. The first-order chi connectivity index (χ1) is 10.7. The Kier molecular flexibility index (Phi) is 4.58. The highest BCUT2D eigenvalue weighted by atomic mass is 19.4. The Morgan fingerprint density at radius 3 is 2.70 bits per heavy atom. The molecule has 1 atom stereocenters. The second-order valence-electron chi connectivity index (χ2n) is 5.06. The number of halogens is 5. The lowest BCUT2D eigenvalue weighted by atomic mass is 10.0. The van der Waals surface area contributed by atoms with Crippen molar-refractivity contribution < 1.29 is 26.7 Å². The summed E-state index contributed by atoms with van der Waals surface area (Å²) >= 11 is 0. The van der Waals surface area contributed by atoms with Gasteiger partial charge in [-0.2, -0.15) is 22.0 Å². The predicted molar refractivity (Wildman–Crippen MR) is 72.9 cm³/mol. The average molecular weight is 335 g/mol. The van der Waals surface area contributed by atoms with Gasteiger partial charge in [0.2, 0.25) is 5.91 Å². The normalized spacial score (nSPS) is 16.0. The van der Waals surface area contributed by atoms with Gasteiger partial charge in [0.05, 0.1) is 0 Å². The molecule has 0 saturated carbocycles. The van der Waals surface area contributed by atoms with E-state index in [-0.39, 0.29) is 12.0 Å². The summed E-state index contributed by atoms with van der Waals surface area (Å²) in [5.74, 6) is -5.46. The van der Waals surface area contributed by atoms with E-state index in [1.807, 2.05) is 0 Å². The Morgan fingerprint density at radius 1 is 1.39 bits per heavy atom. The van der Waals surface area contributed by atoms with Crippen molar-refractivity contribution in [1.82, 2.24) is 10.3 Å². The second kappa shape index (κ2) is 6.13. The maximum Gasteiger partial charge on any atom is 0.455 e. The van der Waals surface area contributed by atoms with E-state index >= 15 is 0 Å². The van der Waals surface area contributed by atoms with E-state index in [1.165, 1.54) is 12.4 Å². The molecule has 0 saturated heterocycles. The van der Waals surface area contributed by atoms with Crippen LogP contribution in [0.5, 0.6) is 0 Å². The summed E-state index contributed by atoms with van der Waals surface area (Å²) in [6.45, 7) is 1.15. The topological polar surface area (TPSA) is 54.0 Å². The van der Waals surface area contributed by atoms with Gasteiger partial charge in [0.25, 0.3) is 0 Å². The molecule has 2 N–H and O–H groups in total. The third-order valence-corrected chi connectivity index (χ3v) is 3.48. The second-order valence-corrected chi connectivity index (χ2v) is 5.06. The van der Waals surface area contributed by atoms with Gasteiger partial charge in [-0.3, -0.25) is 4.79 Å². The fourth-order valence-electron chi connectivity index (χ4n) is 2.17. The van der Waals surface area contributed by atoms with Gasteiger partial charge >= 0.3 is 12.1 Å². The van der Waals surface area contributed by atoms with Gasteiger partial charge in [0.1, 0.15) is 11.9 Å². The van der Waals surface area contributed by atoms with Gasteiger partial charge in [-0.25, -0.2) is 4.98 Å². The number of rotatable bonds is 4. The highest BCUT2D eigenvalue weighted by Gasteiger charge is 2.62. The summed E-state index contributed by atoms with van der Waals surface area (Å²) in [6.07, 6.45) is -3.41. The molecule has 0 aliphatic carbocycles. The maximum absolute atomic E-state index is 13.4. The minimum atomic E-state index is -5.73. The monoisotopic (exact) mass is 335 g/mol. The van der Waals surface area contributed by atoms with Crippen LogP contribution in [0.25, 0.3) is 0 Å². The van der Waals surface area contributed by atoms with Gasteiger partial charge in [-0.05, 0) is 18.1 Å². The Labute approximate surface area is 128 Å². The Morgan fingerprint density at radius 2 is 2.09 bits per heavy atom. The van der Waals surface area contributed by atoms with E-state index in [2.05, 4.69) is 10.3 Å². The molecule has 2 heterocycles. The molecular weight excluding hydrogens is 321 g/mol. The number of fused-ring (bicyclic) bond motifs is 1. The lowest BCUT2D eigenvalue weighted by molar-refractivity contribution is -0.292. The summed E-state index contributed by atoms with van der Waals surface area (Å²) in [5, 5.41) is 4.49. The van der Waals surface area contributed by atoms with Crippen LogP contribution in [0, 0.1) is 0 Å². The average Bonchev–Trinajstić information content (AvgIpc) is 2.50. The van der Waals surface area contributed by atoms with Crippen LogP contribution >= 0.6 is 0 Å². The molecule has 1 amide bonds. The number of nitrogens with one attached hydrogen (secondary N) is 2. The smallest absolute Gasteiger partial charge is 0.346 e. The van der Waals surface area contributed by atoms with Crippen LogP contribution in [0.1, 0.15) is 18.9 Å². The van der Waals surface area contributed by atoms with Crippen molar-refractivity contribution >= 4 is 11.7 Å². The lowest BCUT2D eigenvalue weighted by Crippen LogP contribution is -2.55. The van der Waals surface area contributed by atoms with Crippen molar-refractivity contribution in [3.05, 3.63) is 35.7 Å². The number of hydrogen-bond acceptors (Lipinski definition) is 3. The number of anilines is 1. The molecule has 1 aliphatic rings. The first kappa shape index (κ1) is 17.2. The van der Waals surface area contributed by atoms with Crippen LogP contribution < -0.4 is 10.6 Å². The van der Waals surface area contributed by atoms with Crippen molar-refractivity contribution in [1.29, 1.82) is 0 Å². The highest BCUT2D eigenvalue weighted by Crippen LogP contribution is 2.39. The minimum absolute atomic E-state index is 0.0573. The summed E-state index contributed by atoms with van der Waals surface area (Å²) in [5.41, 5.74) is 0.706. The van der Waals surface area contributed by atoms with Crippen molar-refractivity contribution in [3.63, 3.8) is 0 Å². The lowest BCUT2D eigenvalue weighted by Gasteiger charge is -2.29. The number of carbonyl (C=O) groups is 1. The zero-order valence-corrected chi connectivity index (χ0v) is 12.0. The molecule has 1 aromatic rings. The number of pyridine rings is 1. The third-order valence-electron chi connectivity index (χ3n) is 3.48. The van der Waals surface area contributed by atoms with Crippen molar-refractivity contribution in [2.24, 2.45) is 0 Å². The van der Waals surface area contributed by atoms with Crippen molar-refractivity contribution in [2.45, 2.75) is 37.9 Å². The molecule has 4 nitrogen and oxygen atoms in total. The van der Waals surface area contributed by atoms with Gasteiger partial charge in [-0.15, -0.1) is 0 Å². The van der Waals surface area contributed by atoms with Gasteiger partial charge in [0, 0.05) is 24.4 Å².